The Morgan fingerprint density at radius 2 is 1.73 bits per heavy atom. The second-order valence-electron chi connectivity index (χ2n) is 5.17. The number of aliphatic hydroxyl groups excluding tert-OH is 1. The van der Waals surface area contributed by atoms with Crippen molar-refractivity contribution < 1.29 is 9.90 Å². The molecule has 0 saturated carbocycles. The number of nitrogens with zero attached hydrogens (tertiary/aromatic N) is 1. The van der Waals surface area contributed by atoms with Crippen molar-refractivity contribution in [3.63, 3.8) is 0 Å². The largest absolute Gasteiger partial charge is 0.399 e. The van der Waals surface area contributed by atoms with E-state index in [4.69, 9.17) is 5.73 Å². The predicted octanol–water partition coefficient (Wildman–Crippen LogP) is 2.83. The standard InChI is InChI=1S/C18H22N2O2/c1-3-20(4-2)18(22)14-10-8-13(9-11-14)17(21)15-6-5-7-16(19)12-15/h5-12,17,21H,3-4,19H2,1-2H3. The molecule has 2 rings (SSSR count). The Morgan fingerprint density at radius 1 is 1.09 bits per heavy atom. The van der Waals surface area contributed by atoms with Gasteiger partial charge in [-0.3, -0.25) is 4.79 Å². The summed E-state index contributed by atoms with van der Waals surface area (Å²) < 4.78 is 0. The summed E-state index contributed by atoms with van der Waals surface area (Å²) in [6, 6.07) is 14.2. The molecule has 1 amide bonds. The van der Waals surface area contributed by atoms with Gasteiger partial charge >= 0.3 is 0 Å². The number of carbonyl (C=O) groups is 1. The minimum atomic E-state index is -0.749. The number of benzene rings is 2. The second-order valence-corrected chi connectivity index (χ2v) is 5.17. The summed E-state index contributed by atoms with van der Waals surface area (Å²) >= 11 is 0. The quantitative estimate of drug-likeness (QED) is 0.834. The third kappa shape index (κ3) is 3.46. The van der Waals surface area contributed by atoms with Gasteiger partial charge in [-0.25, -0.2) is 0 Å². The van der Waals surface area contributed by atoms with E-state index >= 15 is 0 Å². The number of carbonyl (C=O) groups excluding carboxylic acids is 1. The molecule has 0 aromatic heterocycles. The molecule has 22 heavy (non-hydrogen) atoms. The van der Waals surface area contributed by atoms with E-state index in [0.29, 0.717) is 24.3 Å². The van der Waals surface area contributed by atoms with Crippen LogP contribution < -0.4 is 5.73 Å². The Kier molecular flexibility index (Phi) is 5.17. The van der Waals surface area contributed by atoms with Crippen molar-refractivity contribution >= 4 is 11.6 Å². The lowest BCUT2D eigenvalue weighted by atomic mass is 10.00. The molecule has 0 fully saturated rings. The van der Waals surface area contributed by atoms with Crippen LogP contribution in [0, 0.1) is 0 Å². The zero-order valence-electron chi connectivity index (χ0n) is 13.0. The maximum atomic E-state index is 12.2. The fourth-order valence-corrected chi connectivity index (χ4v) is 2.42. The number of rotatable bonds is 5. The van der Waals surface area contributed by atoms with E-state index in [1.807, 2.05) is 26.0 Å². The molecule has 1 atom stereocenters. The third-order valence-corrected chi connectivity index (χ3v) is 3.75. The fourth-order valence-electron chi connectivity index (χ4n) is 2.42. The van der Waals surface area contributed by atoms with Crippen LogP contribution in [0.3, 0.4) is 0 Å². The predicted molar refractivity (Wildman–Crippen MR) is 88.6 cm³/mol. The lowest BCUT2D eigenvalue weighted by Crippen LogP contribution is -2.30. The molecule has 0 spiro atoms. The molecule has 0 aliphatic rings. The van der Waals surface area contributed by atoms with Crippen LogP contribution in [-0.4, -0.2) is 29.0 Å². The van der Waals surface area contributed by atoms with Crippen LogP contribution in [0.1, 0.15) is 41.4 Å². The van der Waals surface area contributed by atoms with Gasteiger partial charge in [0.05, 0.1) is 0 Å². The highest BCUT2D eigenvalue weighted by Crippen LogP contribution is 2.23. The molecule has 1 unspecified atom stereocenters. The highest BCUT2D eigenvalue weighted by atomic mass is 16.3. The van der Waals surface area contributed by atoms with Gasteiger partial charge in [-0.1, -0.05) is 24.3 Å². The number of aliphatic hydroxyl groups is 1. The van der Waals surface area contributed by atoms with Crippen LogP contribution in [-0.2, 0) is 0 Å². The fraction of sp³-hybridized carbons (Fsp3) is 0.278. The Hall–Kier alpha value is -2.33. The van der Waals surface area contributed by atoms with Crippen LogP contribution in [0.2, 0.25) is 0 Å². The maximum absolute atomic E-state index is 12.2. The number of hydrogen-bond donors (Lipinski definition) is 2. The molecule has 0 aliphatic carbocycles. The maximum Gasteiger partial charge on any atom is 0.253 e. The van der Waals surface area contributed by atoms with E-state index in [1.54, 1.807) is 41.3 Å². The van der Waals surface area contributed by atoms with Crippen molar-refractivity contribution in [2.75, 3.05) is 18.8 Å². The number of nitrogen functional groups attached to an aromatic ring is 1. The van der Waals surface area contributed by atoms with Crippen molar-refractivity contribution in [2.24, 2.45) is 0 Å². The summed E-state index contributed by atoms with van der Waals surface area (Å²) in [7, 11) is 0. The molecule has 3 N–H and O–H groups in total. The number of anilines is 1. The van der Waals surface area contributed by atoms with Crippen molar-refractivity contribution in [1.82, 2.24) is 4.90 Å². The van der Waals surface area contributed by atoms with Crippen LogP contribution in [0.4, 0.5) is 5.69 Å². The Balaban J connectivity index is 2.20. The van der Waals surface area contributed by atoms with E-state index in [1.165, 1.54) is 0 Å². The molecule has 2 aromatic carbocycles. The van der Waals surface area contributed by atoms with E-state index in [9.17, 15) is 9.90 Å². The first-order chi connectivity index (χ1) is 10.6. The summed E-state index contributed by atoms with van der Waals surface area (Å²) in [6.07, 6.45) is -0.749. The first-order valence-corrected chi connectivity index (χ1v) is 7.49. The van der Waals surface area contributed by atoms with Gasteiger partial charge in [-0.2, -0.15) is 0 Å². The SMILES string of the molecule is CCN(CC)C(=O)c1ccc(C(O)c2cccc(N)c2)cc1. The van der Waals surface area contributed by atoms with Gasteiger partial charge in [0, 0.05) is 24.3 Å². The van der Waals surface area contributed by atoms with Crippen LogP contribution in [0.5, 0.6) is 0 Å². The Bertz CT molecular complexity index is 634. The van der Waals surface area contributed by atoms with E-state index in [0.717, 1.165) is 11.1 Å². The van der Waals surface area contributed by atoms with Gasteiger partial charge in [-0.15, -0.1) is 0 Å². The second kappa shape index (κ2) is 7.09. The topological polar surface area (TPSA) is 66.6 Å². The van der Waals surface area contributed by atoms with Crippen molar-refractivity contribution in [3.05, 3.63) is 65.2 Å². The number of amides is 1. The number of hydrogen-bond acceptors (Lipinski definition) is 3. The highest BCUT2D eigenvalue weighted by molar-refractivity contribution is 5.94. The Labute approximate surface area is 131 Å². The molecule has 4 heteroatoms. The molecular weight excluding hydrogens is 276 g/mol. The van der Waals surface area contributed by atoms with Crippen molar-refractivity contribution in [1.29, 1.82) is 0 Å². The smallest absolute Gasteiger partial charge is 0.253 e. The summed E-state index contributed by atoms with van der Waals surface area (Å²) in [4.78, 5) is 14.0. The van der Waals surface area contributed by atoms with Crippen LogP contribution >= 0.6 is 0 Å². The van der Waals surface area contributed by atoms with Crippen molar-refractivity contribution in [3.8, 4) is 0 Å². The van der Waals surface area contributed by atoms with Crippen molar-refractivity contribution in [2.45, 2.75) is 20.0 Å². The van der Waals surface area contributed by atoms with Gasteiger partial charge in [0.25, 0.3) is 5.91 Å². The molecule has 116 valence electrons. The van der Waals surface area contributed by atoms with E-state index < -0.39 is 6.10 Å². The normalized spacial score (nSPS) is 12.0. The van der Waals surface area contributed by atoms with Gasteiger partial charge in [0.1, 0.15) is 6.10 Å². The number of nitrogens with two attached hydrogens (primary N) is 1. The van der Waals surface area contributed by atoms with Gasteiger partial charge in [0.2, 0.25) is 0 Å². The van der Waals surface area contributed by atoms with Crippen LogP contribution in [0.25, 0.3) is 0 Å². The molecule has 0 heterocycles. The monoisotopic (exact) mass is 298 g/mol. The molecular formula is C18H22N2O2. The van der Waals surface area contributed by atoms with Gasteiger partial charge in [0.15, 0.2) is 0 Å². The lowest BCUT2D eigenvalue weighted by Gasteiger charge is -2.19. The molecule has 0 bridgehead atoms. The highest BCUT2D eigenvalue weighted by Gasteiger charge is 2.14. The average molecular weight is 298 g/mol. The molecule has 0 aliphatic heterocycles. The minimum Gasteiger partial charge on any atom is -0.399 e. The molecule has 0 radical (unpaired) electrons. The third-order valence-electron chi connectivity index (χ3n) is 3.75. The summed E-state index contributed by atoms with van der Waals surface area (Å²) in [5.74, 6) is 0.00925. The molecule has 2 aromatic rings. The lowest BCUT2D eigenvalue weighted by molar-refractivity contribution is 0.0773. The molecule has 4 nitrogen and oxygen atoms in total. The van der Waals surface area contributed by atoms with E-state index in [2.05, 4.69) is 0 Å². The van der Waals surface area contributed by atoms with E-state index in [-0.39, 0.29) is 5.91 Å². The zero-order chi connectivity index (χ0) is 16.1. The van der Waals surface area contributed by atoms with Crippen LogP contribution in [0.15, 0.2) is 48.5 Å². The molecule has 0 saturated heterocycles. The minimum absolute atomic E-state index is 0.00925. The summed E-state index contributed by atoms with van der Waals surface area (Å²) in [5, 5.41) is 10.4. The average Bonchev–Trinajstić information content (AvgIpc) is 2.55. The Morgan fingerprint density at radius 3 is 2.27 bits per heavy atom. The summed E-state index contributed by atoms with van der Waals surface area (Å²) in [5.41, 5.74) is 8.46. The first-order valence-electron chi connectivity index (χ1n) is 7.49. The zero-order valence-corrected chi connectivity index (χ0v) is 13.0. The first kappa shape index (κ1) is 16.0. The van der Waals surface area contributed by atoms with Gasteiger partial charge < -0.3 is 15.7 Å². The van der Waals surface area contributed by atoms with Gasteiger partial charge in [-0.05, 0) is 49.2 Å². The summed E-state index contributed by atoms with van der Waals surface area (Å²) in [6.45, 7) is 5.28.